The molecule has 32 heavy (non-hydrogen) atoms. The Kier molecular flexibility index (Phi) is 6.53. The van der Waals surface area contributed by atoms with Crippen LogP contribution in [0.4, 0.5) is 0 Å². The van der Waals surface area contributed by atoms with Crippen LogP contribution in [0.3, 0.4) is 0 Å². The molecule has 0 bridgehead atoms. The molecule has 8 heteroatoms. The largest absolute Gasteiger partial charge is 0.487 e. The van der Waals surface area contributed by atoms with Gasteiger partial charge in [0.25, 0.3) is 5.79 Å². The minimum absolute atomic E-state index is 0.383. The minimum Gasteiger partial charge on any atom is -0.487 e. The van der Waals surface area contributed by atoms with Gasteiger partial charge in [0.15, 0.2) is 5.92 Å². The van der Waals surface area contributed by atoms with E-state index in [1.165, 1.54) is 0 Å². The van der Waals surface area contributed by atoms with E-state index in [9.17, 15) is 9.59 Å². The van der Waals surface area contributed by atoms with Gasteiger partial charge in [-0.2, -0.15) is 0 Å². The van der Waals surface area contributed by atoms with Gasteiger partial charge in [0.2, 0.25) is 0 Å². The number of benzene rings is 2. The van der Waals surface area contributed by atoms with E-state index in [4.69, 9.17) is 14.2 Å². The van der Waals surface area contributed by atoms with Gasteiger partial charge in [0, 0.05) is 36.9 Å². The smallest absolute Gasteiger partial charge is 0.324 e. The van der Waals surface area contributed by atoms with Crippen LogP contribution >= 0.6 is 45.2 Å². The van der Waals surface area contributed by atoms with Crippen molar-refractivity contribution in [3.8, 4) is 5.75 Å². The lowest BCUT2D eigenvalue weighted by molar-refractivity contribution is -0.240. The first-order valence-corrected chi connectivity index (χ1v) is 12.1. The van der Waals surface area contributed by atoms with Crippen LogP contribution in [0.25, 0.3) is 10.9 Å². The SMILES string of the molecule is C=CCOc1c(I)cc([C@@H](c2c[nH]c3ccccc23)C2C(=O)OC(C)(C)OC2=O)cc1I. The number of rotatable bonds is 6. The van der Waals surface area contributed by atoms with Gasteiger partial charge >= 0.3 is 11.9 Å². The molecular weight excluding hydrogens is 636 g/mol. The van der Waals surface area contributed by atoms with Crippen molar-refractivity contribution < 1.29 is 23.8 Å². The Balaban J connectivity index is 1.88. The van der Waals surface area contributed by atoms with E-state index in [0.29, 0.717) is 6.61 Å². The van der Waals surface area contributed by atoms with Crippen LogP contribution in [-0.4, -0.2) is 29.3 Å². The fraction of sp³-hybridized carbons (Fsp3) is 0.250. The van der Waals surface area contributed by atoms with Crippen LogP contribution in [0.15, 0.2) is 55.3 Å². The van der Waals surface area contributed by atoms with Gasteiger partial charge < -0.3 is 19.2 Å². The highest BCUT2D eigenvalue weighted by Crippen LogP contribution is 2.43. The van der Waals surface area contributed by atoms with Crippen LogP contribution in [0.2, 0.25) is 0 Å². The Bertz CT molecular complexity index is 1170. The summed E-state index contributed by atoms with van der Waals surface area (Å²) in [6, 6.07) is 11.7. The van der Waals surface area contributed by atoms with Crippen molar-refractivity contribution in [3.63, 3.8) is 0 Å². The van der Waals surface area contributed by atoms with Gasteiger partial charge in [0.05, 0.1) is 7.14 Å². The zero-order chi connectivity index (χ0) is 23.0. The number of H-pyrrole nitrogens is 1. The molecule has 0 radical (unpaired) electrons. The summed E-state index contributed by atoms with van der Waals surface area (Å²) in [5.41, 5.74) is 2.54. The molecule has 1 N–H and O–H groups in total. The number of esters is 2. The first-order chi connectivity index (χ1) is 15.2. The molecule has 0 unspecified atom stereocenters. The van der Waals surface area contributed by atoms with E-state index in [1.807, 2.05) is 42.6 Å². The first-order valence-electron chi connectivity index (χ1n) is 9.96. The van der Waals surface area contributed by atoms with Crippen LogP contribution in [0.5, 0.6) is 5.75 Å². The summed E-state index contributed by atoms with van der Waals surface area (Å²) in [5.74, 6) is -3.48. The normalized spacial score (nSPS) is 17.0. The molecule has 1 fully saturated rings. The molecule has 0 saturated carbocycles. The number of hydrogen-bond donors (Lipinski definition) is 1. The highest BCUT2D eigenvalue weighted by atomic mass is 127. The average Bonchev–Trinajstić information content (AvgIpc) is 3.13. The first kappa shape index (κ1) is 23.1. The van der Waals surface area contributed by atoms with Crippen molar-refractivity contribution in [2.75, 3.05) is 6.61 Å². The summed E-state index contributed by atoms with van der Waals surface area (Å²) >= 11 is 4.41. The number of aromatic amines is 1. The molecule has 3 aromatic rings. The topological polar surface area (TPSA) is 77.6 Å². The van der Waals surface area contributed by atoms with E-state index >= 15 is 0 Å². The molecule has 166 valence electrons. The van der Waals surface area contributed by atoms with Gasteiger partial charge in [-0.05, 0) is 74.5 Å². The third-order valence-corrected chi connectivity index (χ3v) is 6.82. The number of para-hydroxylation sites is 1. The quantitative estimate of drug-likeness (QED) is 0.164. The predicted octanol–water partition coefficient (Wildman–Crippen LogP) is 5.53. The van der Waals surface area contributed by atoms with Crippen molar-refractivity contribution in [1.82, 2.24) is 4.98 Å². The number of hydrogen-bond acceptors (Lipinski definition) is 5. The van der Waals surface area contributed by atoms with Gasteiger partial charge in [-0.3, -0.25) is 9.59 Å². The molecule has 0 aliphatic carbocycles. The third kappa shape index (κ3) is 4.39. The predicted molar refractivity (Wildman–Crippen MR) is 137 cm³/mol. The van der Waals surface area contributed by atoms with Crippen LogP contribution in [0.1, 0.15) is 30.9 Å². The second-order valence-corrected chi connectivity index (χ2v) is 10.2. The Morgan fingerprint density at radius 1 is 1.16 bits per heavy atom. The zero-order valence-electron chi connectivity index (χ0n) is 17.5. The Hall–Kier alpha value is -2.08. The highest BCUT2D eigenvalue weighted by molar-refractivity contribution is 14.1. The van der Waals surface area contributed by atoms with Gasteiger partial charge in [-0.1, -0.05) is 30.9 Å². The molecule has 4 rings (SSSR count). The highest BCUT2D eigenvalue weighted by Gasteiger charge is 2.48. The number of ether oxygens (including phenoxy) is 3. The van der Waals surface area contributed by atoms with Crippen LogP contribution in [0, 0.1) is 13.1 Å². The fourth-order valence-corrected chi connectivity index (χ4v) is 6.07. The minimum atomic E-state index is -1.29. The van der Waals surface area contributed by atoms with Crippen molar-refractivity contribution >= 4 is 68.0 Å². The molecule has 0 amide bonds. The summed E-state index contributed by atoms with van der Waals surface area (Å²) in [7, 11) is 0. The van der Waals surface area contributed by atoms with Crippen molar-refractivity contribution in [2.45, 2.75) is 25.6 Å². The molecule has 6 nitrogen and oxygen atoms in total. The average molecular weight is 657 g/mol. The maximum atomic E-state index is 13.1. The number of aromatic nitrogens is 1. The standard InChI is InChI=1S/C24H21I2NO5/c1-4-9-30-21-16(25)10-13(11-17(21)26)19(15-12-27-18-8-6-5-7-14(15)18)20-22(28)31-24(2,3)32-23(20)29/h4-8,10-12,19-20,27H,1,9H2,2-3H3/t19-/m0/s1. The van der Waals surface area contributed by atoms with E-state index in [-0.39, 0.29) is 0 Å². The zero-order valence-corrected chi connectivity index (χ0v) is 21.8. The van der Waals surface area contributed by atoms with E-state index in [2.05, 4.69) is 56.7 Å². The van der Waals surface area contributed by atoms with E-state index < -0.39 is 29.6 Å². The Labute approximate surface area is 213 Å². The molecule has 1 aliphatic rings. The number of carbonyl (C=O) groups excluding carboxylic acids is 2. The Morgan fingerprint density at radius 3 is 2.41 bits per heavy atom. The number of nitrogens with one attached hydrogen (secondary N) is 1. The summed E-state index contributed by atoms with van der Waals surface area (Å²) in [6.07, 6.45) is 3.53. The summed E-state index contributed by atoms with van der Waals surface area (Å²) < 4.78 is 18.5. The lowest BCUT2D eigenvalue weighted by atomic mass is 9.80. The number of halogens is 2. The number of carbonyl (C=O) groups is 2. The van der Waals surface area contributed by atoms with Crippen LogP contribution < -0.4 is 4.74 Å². The fourth-order valence-electron chi connectivity index (χ4n) is 3.94. The van der Waals surface area contributed by atoms with E-state index in [1.54, 1.807) is 19.9 Å². The molecule has 1 aromatic heterocycles. The number of cyclic esters (lactones) is 2. The maximum absolute atomic E-state index is 13.1. The van der Waals surface area contributed by atoms with Gasteiger partial charge in [-0.25, -0.2) is 0 Å². The van der Waals surface area contributed by atoms with Crippen molar-refractivity contribution in [1.29, 1.82) is 0 Å². The molecule has 0 spiro atoms. The summed E-state index contributed by atoms with van der Waals surface area (Å²) in [4.78, 5) is 29.4. The molecule has 1 atom stereocenters. The molecule has 2 aromatic carbocycles. The van der Waals surface area contributed by atoms with E-state index in [0.717, 1.165) is 34.9 Å². The number of fused-ring (bicyclic) bond motifs is 1. The Morgan fingerprint density at radius 2 is 1.78 bits per heavy atom. The summed E-state index contributed by atoms with van der Waals surface area (Å²) in [5, 5.41) is 0.930. The summed E-state index contributed by atoms with van der Waals surface area (Å²) in [6.45, 7) is 7.19. The lowest BCUT2D eigenvalue weighted by Crippen LogP contribution is -2.48. The molecule has 1 saturated heterocycles. The molecule has 2 heterocycles. The maximum Gasteiger partial charge on any atom is 0.324 e. The second-order valence-electron chi connectivity index (χ2n) is 7.90. The van der Waals surface area contributed by atoms with Crippen LogP contribution in [-0.2, 0) is 19.1 Å². The third-order valence-electron chi connectivity index (χ3n) is 5.22. The monoisotopic (exact) mass is 657 g/mol. The second kappa shape index (κ2) is 9.05. The van der Waals surface area contributed by atoms with Crippen molar-refractivity contribution in [3.05, 3.63) is 73.5 Å². The molecule has 1 aliphatic heterocycles. The van der Waals surface area contributed by atoms with Crippen molar-refractivity contribution in [2.24, 2.45) is 5.92 Å². The molecular formula is C24H21I2NO5. The van der Waals surface area contributed by atoms with Gasteiger partial charge in [-0.15, -0.1) is 0 Å². The van der Waals surface area contributed by atoms with Gasteiger partial charge in [0.1, 0.15) is 12.4 Å². The lowest BCUT2D eigenvalue weighted by Gasteiger charge is -2.36.